The van der Waals surface area contributed by atoms with E-state index in [1.54, 1.807) is 33.8 Å². The average molecular weight is 537 g/mol. The Kier molecular flexibility index (Phi) is 11.4. The van der Waals surface area contributed by atoms with E-state index in [2.05, 4.69) is 21.3 Å². The van der Waals surface area contributed by atoms with Gasteiger partial charge in [-0.3, -0.25) is 24.0 Å². The van der Waals surface area contributed by atoms with Crippen LogP contribution in [-0.2, 0) is 33.5 Å². The van der Waals surface area contributed by atoms with Crippen LogP contribution < -0.4 is 21.3 Å². The maximum Gasteiger partial charge on any atom is 0.329 e. The average Bonchev–Trinajstić information content (AvgIpc) is 2.82. The summed E-state index contributed by atoms with van der Waals surface area (Å²) in [6.45, 7) is 8.45. The van der Waals surface area contributed by atoms with Gasteiger partial charge in [-0.1, -0.05) is 51.6 Å². The van der Waals surface area contributed by atoms with E-state index < -0.39 is 53.8 Å². The molecule has 0 spiro atoms. The molecule has 2 rings (SSSR count). The van der Waals surface area contributed by atoms with Gasteiger partial charge in [0, 0.05) is 12.2 Å². The van der Waals surface area contributed by atoms with E-state index >= 15 is 0 Å². The van der Waals surface area contributed by atoms with E-state index in [0.29, 0.717) is 6.42 Å². The number of esters is 1. The first kappa shape index (κ1) is 30.1. The highest BCUT2D eigenvalue weighted by molar-refractivity contribution is 8.13. The number of nitrogens with one attached hydrogen (secondary N) is 4. The fourth-order valence-corrected chi connectivity index (χ4v) is 4.51. The third kappa shape index (κ3) is 9.03. The summed E-state index contributed by atoms with van der Waals surface area (Å²) in [4.78, 5) is 77.6. The Hall–Kier alpha value is -3.15. The van der Waals surface area contributed by atoms with Crippen LogP contribution in [0.3, 0.4) is 0 Å². The second-order valence-electron chi connectivity index (χ2n) is 9.57. The lowest BCUT2D eigenvalue weighted by molar-refractivity contribution is -0.153. The first-order chi connectivity index (χ1) is 17.4. The van der Waals surface area contributed by atoms with Crippen molar-refractivity contribution in [1.82, 2.24) is 21.3 Å². The van der Waals surface area contributed by atoms with Gasteiger partial charge in [-0.15, -0.1) is 0 Å². The summed E-state index contributed by atoms with van der Waals surface area (Å²) in [6.07, 6.45) is 3.75. The molecule has 1 fully saturated rings. The summed E-state index contributed by atoms with van der Waals surface area (Å²) in [7, 11) is 0. The zero-order valence-corrected chi connectivity index (χ0v) is 22.6. The van der Waals surface area contributed by atoms with Crippen molar-refractivity contribution in [3.05, 3.63) is 23.9 Å². The Bertz CT molecular complexity index is 976. The molecule has 204 valence electrons. The number of amides is 4. The van der Waals surface area contributed by atoms with Crippen molar-refractivity contribution in [2.24, 2.45) is 11.8 Å². The first-order valence-electron chi connectivity index (χ1n) is 12.3. The lowest BCUT2D eigenvalue weighted by Gasteiger charge is -2.27. The summed E-state index contributed by atoms with van der Waals surface area (Å²) in [5.74, 6) is -4.12. The summed E-state index contributed by atoms with van der Waals surface area (Å²) < 4.78 is 5.60. The molecule has 2 aliphatic heterocycles. The maximum absolute atomic E-state index is 13.2. The van der Waals surface area contributed by atoms with Crippen LogP contribution >= 0.6 is 11.8 Å². The van der Waals surface area contributed by atoms with Crippen molar-refractivity contribution >= 4 is 46.5 Å². The van der Waals surface area contributed by atoms with Crippen molar-refractivity contribution in [2.45, 2.75) is 78.1 Å². The van der Waals surface area contributed by atoms with E-state index in [0.717, 1.165) is 11.8 Å². The summed E-state index contributed by atoms with van der Waals surface area (Å²) in [6, 6.07) is -3.22. The quantitative estimate of drug-likeness (QED) is 0.228. The first-order valence-corrected chi connectivity index (χ1v) is 13.3. The fraction of sp³-hybridized carbons (Fsp3) is 0.600. The topological polar surface area (TPSA) is 160 Å². The number of thioether (sulfide) groups is 1. The van der Waals surface area contributed by atoms with Gasteiger partial charge in [0.15, 0.2) is 5.12 Å². The number of allylic oxidation sites excluding steroid dienone is 2. The van der Waals surface area contributed by atoms with Gasteiger partial charge in [0.05, 0.1) is 6.42 Å². The Balaban J connectivity index is 2.60. The molecule has 0 aromatic rings. The predicted molar refractivity (Wildman–Crippen MR) is 138 cm³/mol. The minimum absolute atomic E-state index is 0.0731. The molecule has 2 heterocycles. The highest BCUT2D eigenvalue weighted by atomic mass is 32.2. The monoisotopic (exact) mass is 536 g/mol. The number of fused-ring (bicyclic) bond motifs is 7. The van der Waals surface area contributed by atoms with Crippen LogP contribution in [-0.4, -0.2) is 64.7 Å². The molecule has 2 aliphatic rings. The van der Waals surface area contributed by atoms with Gasteiger partial charge in [-0.2, -0.15) is 0 Å². The van der Waals surface area contributed by atoms with Crippen LogP contribution in [0.1, 0.15) is 53.9 Å². The minimum Gasteiger partial charge on any atom is -0.456 e. The fourth-order valence-electron chi connectivity index (χ4n) is 3.66. The molecule has 1 unspecified atom stereocenters. The molecule has 2 bridgehead atoms. The molecule has 0 saturated carbocycles. The number of rotatable bonds is 2. The molecule has 4 atom stereocenters. The molecule has 0 aromatic heterocycles. The van der Waals surface area contributed by atoms with Crippen LogP contribution in [0.15, 0.2) is 23.9 Å². The van der Waals surface area contributed by atoms with Crippen LogP contribution in [0, 0.1) is 11.8 Å². The molecule has 1 saturated heterocycles. The Labute approximate surface area is 221 Å². The molecule has 0 radical (unpaired) electrons. The maximum atomic E-state index is 13.2. The number of carbonyl (C=O) groups excluding carboxylic acids is 6. The Morgan fingerprint density at radius 2 is 1.62 bits per heavy atom. The van der Waals surface area contributed by atoms with Crippen LogP contribution in [0.25, 0.3) is 0 Å². The third-order valence-corrected chi connectivity index (χ3v) is 6.85. The SMILES string of the molecule is C/C=C1\NC(=O)[C@H]2CSC(=O)CC/C=C/[C@H](CC(=O)N[C@H](C(C)C)C(=O)N2)OC(=O)C(C(C)C)NC1=O. The van der Waals surface area contributed by atoms with Gasteiger partial charge in [0.1, 0.15) is 29.9 Å². The van der Waals surface area contributed by atoms with Gasteiger partial charge in [-0.25, -0.2) is 4.79 Å². The van der Waals surface area contributed by atoms with Crippen LogP contribution in [0.5, 0.6) is 0 Å². The second kappa shape index (κ2) is 14.0. The number of ether oxygens (including phenoxy) is 1. The molecular formula is C25H36N4O7S. The molecule has 37 heavy (non-hydrogen) atoms. The minimum atomic E-state index is -1.17. The van der Waals surface area contributed by atoms with Gasteiger partial charge in [-0.05, 0) is 31.3 Å². The largest absolute Gasteiger partial charge is 0.456 e. The van der Waals surface area contributed by atoms with Gasteiger partial charge in [0.2, 0.25) is 17.7 Å². The number of hydrogen-bond acceptors (Lipinski definition) is 8. The van der Waals surface area contributed by atoms with Crippen molar-refractivity contribution in [2.75, 3.05) is 5.75 Å². The standard InChI is InChI=1S/C25H36N4O7S/c1-6-16-22(32)29-21(14(4)5)25(35)36-15-9-7-8-10-19(31)37-12-17(23(33)26-16)27-24(34)20(13(2)3)28-18(30)11-15/h6-7,9,13-15,17,20-21H,8,10-12H2,1-5H3,(H,26,33)(H,27,34)(H,28,30)(H,29,32)/b9-7+,16-6-/t15-,17-,20-,21?/m1/s1. The van der Waals surface area contributed by atoms with E-state index in [4.69, 9.17) is 4.74 Å². The zero-order chi connectivity index (χ0) is 27.7. The van der Waals surface area contributed by atoms with E-state index in [1.807, 2.05) is 0 Å². The Morgan fingerprint density at radius 1 is 0.946 bits per heavy atom. The van der Waals surface area contributed by atoms with Gasteiger partial charge < -0.3 is 26.0 Å². The number of carbonyl (C=O) groups is 6. The van der Waals surface area contributed by atoms with E-state index in [1.165, 1.54) is 19.1 Å². The second-order valence-corrected chi connectivity index (χ2v) is 10.6. The Morgan fingerprint density at radius 3 is 2.24 bits per heavy atom. The van der Waals surface area contributed by atoms with Crippen LogP contribution in [0.4, 0.5) is 0 Å². The molecular weight excluding hydrogens is 500 g/mol. The smallest absolute Gasteiger partial charge is 0.329 e. The highest BCUT2D eigenvalue weighted by Crippen LogP contribution is 2.15. The molecule has 12 heteroatoms. The van der Waals surface area contributed by atoms with E-state index in [9.17, 15) is 28.8 Å². The lowest BCUT2D eigenvalue weighted by Crippen LogP contribution is -2.57. The van der Waals surface area contributed by atoms with Crippen molar-refractivity contribution < 1.29 is 33.5 Å². The lowest BCUT2D eigenvalue weighted by atomic mass is 10.0. The molecule has 0 aliphatic carbocycles. The van der Waals surface area contributed by atoms with Gasteiger partial charge in [0.25, 0.3) is 5.91 Å². The van der Waals surface area contributed by atoms with Crippen LogP contribution in [0.2, 0.25) is 0 Å². The molecule has 0 aromatic carbocycles. The zero-order valence-electron chi connectivity index (χ0n) is 21.8. The predicted octanol–water partition coefficient (Wildman–Crippen LogP) is 0.698. The third-order valence-electron chi connectivity index (χ3n) is 5.83. The summed E-state index contributed by atoms with van der Waals surface area (Å²) in [5.41, 5.74) is -0.124. The summed E-state index contributed by atoms with van der Waals surface area (Å²) in [5, 5.41) is 10.2. The molecule has 11 nitrogen and oxygen atoms in total. The number of hydrogen-bond donors (Lipinski definition) is 4. The molecule has 4 N–H and O–H groups in total. The van der Waals surface area contributed by atoms with Gasteiger partial charge >= 0.3 is 5.97 Å². The summed E-state index contributed by atoms with van der Waals surface area (Å²) >= 11 is 0.888. The normalized spacial score (nSPS) is 29.2. The van der Waals surface area contributed by atoms with E-state index in [-0.39, 0.29) is 41.2 Å². The van der Waals surface area contributed by atoms with Crippen molar-refractivity contribution in [3.63, 3.8) is 0 Å². The van der Waals surface area contributed by atoms with Crippen molar-refractivity contribution in [1.29, 1.82) is 0 Å². The highest BCUT2D eigenvalue weighted by Gasteiger charge is 2.33. The van der Waals surface area contributed by atoms with Crippen molar-refractivity contribution in [3.8, 4) is 0 Å². The molecule has 4 amide bonds.